The van der Waals surface area contributed by atoms with Crippen LogP contribution in [0.3, 0.4) is 0 Å². The second-order valence-corrected chi connectivity index (χ2v) is 2.98. The van der Waals surface area contributed by atoms with E-state index < -0.39 is 29.4 Å². The zero-order valence-corrected chi connectivity index (χ0v) is 6.23. The van der Waals surface area contributed by atoms with Gasteiger partial charge in [-0.1, -0.05) is 0 Å². The van der Waals surface area contributed by atoms with Crippen molar-refractivity contribution in [3.05, 3.63) is 0 Å². The Labute approximate surface area is 68.1 Å². The number of hydrogen-bond donors (Lipinski definition) is 4. The molecule has 1 aliphatic carbocycles. The number of carboxylic acids is 2. The van der Waals surface area contributed by atoms with Crippen LogP contribution in [0, 0.1) is 5.41 Å². The molecule has 0 aromatic rings. The van der Waals surface area contributed by atoms with Crippen LogP contribution < -0.4 is 11.5 Å². The molecule has 2 unspecified atom stereocenters. The van der Waals surface area contributed by atoms with E-state index >= 15 is 0 Å². The average molecular weight is 174 g/mol. The summed E-state index contributed by atoms with van der Waals surface area (Å²) in [5.41, 5.74) is 8.78. The molecule has 0 saturated heterocycles. The van der Waals surface area contributed by atoms with Crippen molar-refractivity contribution in [1.82, 2.24) is 0 Å². The Morgan fingerprint density at radius 2 is 1.67 bits per heavy atom. The minimum atomic E-state index is -1.86. The van der Waals surface area contributed by atoms with Gasteiger partial charge in [0.05, 0.1) is 0 Å². The summed E-state index contributed by atoms with van der Waals surface area (Å²) < 4.78 is 0. The van der Waals surface area contributed by atoms with E-state index in [-0.39, 0.29) is 6.42 Å². The second-order valence-electron chi connectivity index (χ2n) is 2.98. The van der Waals surface area contributed by atoms with Gasteiger partial charge in [0, 0.05) is 12.1 Å². The van der Waals surface area contributed by atoms with Crippen LogP contribution in [0.15, 0.2) is 0 Å². The third-order valence-corrected chi connectivity index (χ3v) is 2.35. The number of carboxylic acid groups (broad SMARTS) is 2. The maximum absolute atomic E-state index is 10.6. The maximum Gasteiger partial charge on any atom is 0.322 e. The maximum atomic E-state index is 10.6. The van der Waals surface area contributed by atoms with E-state index in [0.29, 0.717) is 0 Å². The van der Waals surface area contributed by atoms with Gasteiger partial charge in [-0.3, -0.25) is 9.59 Å². The van der Waals surface area contributed by atoms with E-state index in [4.69, 9.17) is 21.7 Å². The minimum Gasteiger partial charge on any atom is -0.480 e. The molecule has 2 atom stereocenters. The van der Waals surface area contributed by atoms with Crippen LogP contribution in [0.4, 0.5) is 0 Å². The standard InChI is InChI=1S/C6H10N2O4/c7-2-1-6(3(2)8,4(9)10)5(11)12/h2-3H,1,7-8H2,(H,9,10)(H,11,12). The molecule has 1 saturated carbocycles. The first kappa shape index (κ1) is 8.95. The summed E-state index contributed by atoms with van der Waals surface area (Å²) in [6.07, 6.45) is -0.0984. The van der Waals surface area contributed by atoms with Gasteiger partial charge in [0.15, 0.2) is 5.41 Å². The van der Waals surface area contributed by atoms with Gasteiger partial charge < -0.3 is 21.7 Å². The molecule has 0 heterocycles. The summed E-state index contributed by atoms with van der Waals surface area (Å²) in [5.74, 6) is -2.83. The second kappa shape index (κ2) is 2.43. The summed E-state index contributed by atoms with van der Waals surface area (Å²) in [6.45, 7) is 0. The molecule has 6 heteroatoms. The van der Waals surface area contributed by atoms with Crippen molar-refractivity contribution in [3.63, 3.8) is 0 Å². The lowest BCUT2D eigenvalue weighted by Crippen LogP contribution is -2.71. The molecule has 6 nitrogen and oxygen atoms in total. The first-order chi connectivity index (χ1) is 5.43. The molecule has 0 aromatic carbocycles. The zero-order valence-electron chi connectivity index (χ0n) is 6.23. The van der Waals surface area contributed by atoms with Crippen LogP contribution in [0.5, 0.6) is 0 Å². The van der Waals surface area contributed by atoms with E-state index in [1.807, 2.05) is 0 Å². The van der Waals surface area contributed by atoms with Crippen LogP contribution in [0.25, 0.3) is 0 Å². The van der Waals surface area contributed by atoms with Gasteiger partial charge in [-0.15, -0.1) is 0 Å². The average Bonchev–Trinajstić information content (AvgIpc) is 1.97. The molecule has 0 aliphatic heterocycles. The van der Waals surface area contributed by atoms with Crippen molar-refractivity contribution < 1.29 is 19.8 Å². The number of aliphatic carboxylic acids is 2. The van der Waals surface area contributed by atoms with Crippen molar-refractivity contribution in [2.75, 3.05) is 0 Å². The lowest BCUT2D eigenvalue weighted by Gasteiger charge is -2.45. The van der Waals surface area contributed by atoms with Crippen molar-refractivity contribution >= 4 is 11.9 Å². The number of carbonyl (C=O) groups is 2. The molecular formula is C6H10N2O4. The smallest absolute Gasteiger partial charge is 0.322 e. The van der Waals surface area contributed by atoms with Crippen molar-refractivity contribution in [3.8, 4) is 0 Å². The Balaban J connectivity index is 2.93. The monoisotopic (exact) mass is 174 g/mol. The van der Waals surface area contributed by atoms with E-state index in [0.717, 1.165) is 0 Å². The fraction of sp³-hybridized carbons (Fsp3) is 0.667. The lowest BCUT2D eigenvalue weighted by atomic mass is 9.61. The Morgan fingerprint density at radius 3 is 1.75 bits per heavy atom. The van der Waals surface area contributed by atoms with E-state index in [9.17, 15) is 9.59 Å². The summed E-state index contributed by atoms with van der Waals surface area (Å²) in [7, 11) is 0. The predicted octanol–water partition coefficient (Wildman–Crippen LogP) is -1.80. The molecule has 1 rings (SSSR count). The van der Waals surface area contributed by atoms with Gasteiger partial charge in [0.2, 0.25) is 0 Å². The molecule has 0 bridgehead atoms. The van der Waals surface area contributed by atoms with Gasteiger partial charge in [-0.05, 0) is 6.42 Å². The van der Waals surface area contributed by atoms with Gasteiger partial charge in [-0.25, -0.2) is 0 Å². The van der Waals surface area contributed by atoms with E-state index in [1.54, 1.807) is 0 Å². The molecule has 0 amide bonds. The fourth-order valence-electron chi connectivity index (χ4n) is 1.39. The third kappa shape index (κ3) is 0.819. The SMILES string of the molecule is NC1CC(C(=O)O)(C(=O)O)C1N. The normalized spacial score (nSPS) is 32.2. The van der Waals surface area contributed by atoms with E-state index in [1.165, 1.54) is 0 Å². The summed E-state index contributed by atoms with van der Waals surface area (Å²) in [5, 5.41) is 17.3. The molecule has 1 aliphatic rings. The highest BCUT2D eigenvalue weighted by molar-refractivity contribution is 6.00. The molecule has 1 fully saturated rings. The molecule has 12 heavy (non-hydrogen) atoms. The van der Waals surface area contributed by atoms with Crippen LogP contribution in [-0.4, -0.2) is 34.2 Å². The van der Waals surface area contributed by atoms with Crippen molar-refractivity contribution in [2.24, 2.45) is 16.9 Å². The van der Waals surface area contributed by atoms with Gasteiger partial charge in [0.25, 0.3) is 0 Å². The first-order valence-electron chi connectivity index (χ1n) is 3.41. The Bertz CT molecular complexity index is 226. The van der Waals surface area contributed by atoms with Gasteiger partial charge in [0.1, 0.15) is 0 Å². The molecule has 68 valence electrons. The predicted molar refractivity (Wildman–Crippen MR) is 38.3 cm³/mol. The third-order valence-electron chi connectivity index (χ3n) is 2.35. The van der Waals surface area contributed by atoms with Crippen molar-refractivity contribution in [1.29, 1.82) is 0 Å². The number of rotatable bonds is 2. The minimum absolute atomic E-state index is 0.0984. The lowest BCUT2D eigenvalue weighted by molar-refractivity contribution is -0.174. The van der Waals surface area contributed by atoms with Gasteiger partial charge >= 0.3 is 11.9 Å². The molecule has 0 aromatic heterocycles. The van der Waals surface area contributed by atoms with Crippen LogP contribution in [0.1, 0.15) is 6.42 Å². The van der Waals surface area contributed by atoms with Crippen LogP contribution in [0.2, 0.25) is 0 Å². The number of hydrogen-bond acceptors (Lipinski definition) is 4. The summed E-state index contributed by atoms with van der Waals surface area (Å²) >= 11 is 0. The quantitative estimate of drug-likeness (QED) is 0.366. The van der Waals surface area contributed by atoms with Crippen LogP contribution >= 0.6 is 0 Å². The van der Waals surface area contributed by atoms with Crippen LogP contribution in [-0.2, 0) is 9.59 Å². The Kier molecular flexibility index (Phi) is 1.81. The fourth-order valence-corrected chi connectivity index (χ4v) is 1.39. The zero-order chi connectivity index (χ0) is 9.52. The number of nitrogens with two attached hydrogens (primary N) is 2. The topological polar surface area (TPSA) is 127 Å². The summed E-state index contributed by atoms with van der Waals surface area (Å²) in [6, 6.07) is -1.52. The van der Waals surface area contributed by atoms with E-state index in [2.05, 4.69) is 0 Å². The first-order valence-corrected chi connectivity index (χ1v) is 3.41. The highest BCUT2D eigenvalue weighted by Gasteiger charge is 2.62. The largest absolute Gasteiger partial charge is 0.480 e. The molecule has 6 N–H and O–H groups in total. The van der Waals surface area contributed by atoms with Crippen molar-refractivity contribution in [2.45, 2.75) is 18.5 Å². The Morgan fingerprint density at radius 1 is 1.25 bits per heavy atom. The highest BCUT2D eigenvalue weighted by Crippen LogP contribution is 2.39. The van der Waals surface area contributed by atoms with Gasteiger partial charge in [-0.2, -0.15) is 0 Å². The Hall–Kier alpha value is -1.14. The molecule has 0 spiro atoms. The summed E-state index contributed by atoms with van der Waals surface area (Å²) in [4.78, 5) is 21.2. The molecule has 0 radical (unpaired) electrons. The molecular weight excluding hydrogens is 164 g/mol. The highest BCUT2D eigenvalue weighted by atomic mass is 16.4.